The number of phenols is 1. The Kier molecular flexibility index (Phi) is 7.25. The van der Waals surface area contributed by atoms with E-state index in [0.29, 0.717) is 32.4 Å². The summed E-state index contributed by atoms with van der Waals surface area (Å²) < 4.78 is 0. The fourth-order valence-corrected chi connectivity index (χ4v) is 4.25. The second-order valence-electron chi connectivity index (χ2n) is 6.52. The molecule has 0 fully saturated rings. The third-order valence-electron chi connectivity index (χ3n) is 4.55. The van der Waals surface area contributed by atoms with E-state index in [9.17, 15) is 5.11 Å². The van der Waals surface area contributed by atoms with Crippen LogP contribution in [0.2, 0.25) is 15.1 Å². The zero-order chi connectivity index (χ0) is 21.0. The van der Waals surface area contributed by atoms with Crippen LogP contribution in [0.5, 0.6) is 5.75 Å². The molecule has 3 aromatic carbocycles. The van der Waals surface area contributed by atoms with E-state index in [1.54, 1.807) is 24.3 Å². The second kappa shape index (κ2) is 9.68. The van der Waals surface area contributed by atoms with Crippen LogP contribution in [0.15, 0.2) is 66.7 Å². The highest BCUT2D eigenvalue weighted by atomic mass is 35.5. The zero-order valence-electron chi connectivity index (χ0n) is 15.6. The molecule has 1 unspecified atom stereocenters. The van der Waals surface area contributed by atoms with Crippen molar-refractivity contribution in [3.05, 3.63) is 92.9 Å². The van der Waals surface area contributed by atoms with Crippen molar-refractivity contribution >= 4 is 57.8 Å². The molecule has 7 heteroatoms. The van der Waals surface area contributed by atoms with Gasteiger partial charge in [-0.05, 0) is 42.9 Å². The molecular formula is C22H19Cl3N2OS. The van der Waals surface area contributed by atoms with Gasteiger partial charge in [0.1, 0.15) is 5.75 Å². The Morgan fingerprint density at radius 1 is 1.00 bits per heavy atom. The third-order valence-corrected chi connectivity index (χ3v) is 5.70. The molecule has 3 nitrogen and oxygen atoms in total. The molecule has 3 aromatic rings. The summed E-state index contributed by atoms with van der Waals surface area (Å²) in [5, 5.41) is 15.1. The molecule has 0 bridgehead atoms. The summed E-state index contributed by atoms with van der Waals surface area (Å²) >= 11 is 24.4. The summed E-state index contributed by atoms with van der Waals surface area (Å²) in [7, 11) is 0. The Morgan fingerprint density at radius 2 is 1.59 bits per heavy atom. The van der Waals surface area contributed by atoms with Crippen LogP contribution in [0.3, 0.4) is 0 Å². The van der Waals surface area contributed by atoms with Gasteiger partial charge in [0.2, 0.25) is 0 Å². The van der Waals surface area contributed by atoms with Crippen molar-refractivity contribution in [1.29, 1.82) is 0 Å². The van der Waals surface area contributed by atoms with E-state index in [-0.39, 0.29) is 11.8 Å². The molecule has 0 saturated heterocycles. The van der Waals surface area contributed by atoms with Crippen molar-refractivity contribution in [2.75, 3.05) is 5.32 Å². The first kappa shape index (κ1) is 21.7. The van der Waals surface area contributed by atoms with Gasteiger partial charge in [0, 0.05) is 17.1 Å². The lowest BCUT2D eigenvalue weighted by Crippen LogP contribution is -2.36. The second-order valence-corrected chi connectivity index (χ2v) is 8.16. The molecule has 0 saturated carbocycles. The Morgan fingerprint density at radius 3 is 2.21 bits per heavy atom. The average molecular weight is 466 g/mol. The number of hydrogen-bond donors (Lipinski definition) is 2. The SMILES string of the molecule is CC(c1ccccc1O)N(Cc1ccccc1)C(=S)Nc1c(Cl)cc(Cl)cc1Cl. The summed E-state index contributed by atoms with van der Waals surface area (Å²) in [5.74, 6) is 0.211. The molecule has 0 radical (unpaired) electrons. The molecule has 0 aliphatic carbocycles. The molecule has 2 N–H and O–H groups in total. The Balaban J connectivity index is 1.94. The van der Waals surface area contributed by atoms with Crippen LogP contribution in [0, 0.1) is 0 Å². The van der Waals surface area contributed by atoms with Crippen LogP contribution in [0.25, 0.3) is 0 Å². The number of nitrogens with one attached hydrogen (secondary N) is 1. The highest BCUT2D eigenvalue weighted by Crippen LogP contribution is 2.35. The van der Waals surface area contributed by atoms with Crippen LogP contribution in [-0.4, -0.2) is 15.1 Å². The first-order valence-electron chi connectivity index (χ1n) is 8.91. The van der Waals surface area contributed by atoms with Gasteiger partial charge in [-0.1, -0.05) is 83.3 Å². The van der Waals surface area contributed by atoms with Crippen molar-refractivity contribution in [2.45, 2.75) is 19.5 Å². The largest absolute Gasteiger partial charge is 0.508 e. The lowest BCUT2D eigenvalue weighted by Gasteiger charge is -2.33. The number of hydrogen-bond acceptors (Lipinski definition) is 2. The molecule has 1 atom stereocenters. The van der Waals surface area contributed by atoms with Crippen molar-refractivity contribution in [2.24, 2.45) is 0 Å². The minimum absolute atomic E-state index is 0.207. The molecule has 0 aliphatic heterocycles. The number of thiocarbonyl (C=S) groups is 1. The van der Waals surface area contributed by atoms with E-state index in [1.807, 2.05) is 54.3 Å². The van der Waals surface area contributed by atoms with Crippen molar-refractivity contribution in [3.63, 3.8) is 0 Å². The van der Waals surface area contributed by atoms with Crippen LogP contribution in [-0.2, 0) is 6.54 Å². The van der Waals surface area contributed by atoms with Gasteiger partial charge in [-0.3, -0.25) is 0 Å². The summed E-state index contributed by atoms with van der Waals surface area (Å²) in [6.45, 7) is 2.52. The number of aromatic hydroxyl groups is 1. The number of para-hydroxylation sites is 1. The molecule has 0 spiro atoms. The summed E-state index contributed by atoms with van der Waals surface area (Å²) in [6, 6.07) is 20.2. The third kappa shape index (κ3) is 5.34. The van der Waals surface area contributed by atoms with Gasteiger partial charge in [0.05, 0.1) is 21.8 Å². The molecule has 150 valence electrons. The number of rotatable bonds is 5. The van der Waals surface area contributed by atoms with Crippen molar-refractivity contribution < 1.29 is 5.11 Å². The first-order chi connectivity index (χ1) is 13.9. The molecular weight excluding hydrogens is 447 g/mol. The Hall–Kier alpha value is -1.98. The number of benzene rings is 3. The predicted molar refractivity (Wildman–Crippen MR) is 126 cm³/mol. The number of phenolic OH excluding ortho intramolecular Hbond substituents is 1. The van der Waals surface area contributed by atoms with E-state index < -0.39 is 0 Å². The van der Waals surface area contributed by atoms with Gasteiger partial charge in [-0.2, -0.15) is 0 Å². The molecule has 0 amide bonds. The summed E-state index contributed by atoms with van der Waals surface area (Å²) in [6.07, 6.45) is 0. The molecule has 0 aliphatic rings. The quantitative estimate of drug-likeness (QED) is 0.387. The van der Waals surface area contributed by atoms with Gasteiger partial charge in [0.25, 0.3) is 0 Å². The van der Waals surface area contributed by atoms with Crippen LogP contribution < -0.4 is 5.32 Å². The van der Waals surface area contributed by atoms with Crippen LogP contribution >= 0.6 is 47.0 Å². The maximum atomic E-state index is 10.3. The smallest absolute Gasteiger partial charge is 0.174 e. The lowest BCUT2D eigenvalue weighted by atomic mass is 10.1. The zero-order valence-corrected chi connectivity index (χ0v) is 18.7. The van der Waals surface area contributed by atoms with Gasteiger partial charge in [-0.15, -0.1) is 0 Å². The molecule has 29 heavy (non-hydrogen) atoms. The van der Waals surface area contributed by atoms with E-state index in [1.165, 1.54) is 0 Å². The fraction of sp³-hybridized carbons (Fsp3) is 0.136. The Labute approximate surface area is 190 Å². The standard InChI is InChI=1S/C22H19Cl3N2OS/c1-14(17-9-5-6-10-20(17)28)27(13-15-7-3-2-4-8-15)22(29)26-21-18(24)11-16(23)12-19(21)25/h2-12,14,28H,13H2,1H3,(H,26,29). The number of nitrogens with zero attached hydrogens (tertiary/aromatic N) is 1. The fourth-order valence-electron chi connectivity index (χ4n) is 3.01. The minimum atomic E-state index is -0.207. The summed E-state index contributed by atoms with van der Waals surface area (Å²) in [4.78, 5) is 1.97. The van der Waals surface area contributed by atoms with E-state index in [4.69, 9.17) is 47.0 Å². The highest BCUT2D eigenvalue weighted by molar-refractivity contribution is 7.80. The van der Waals surface area contributed by atoms with Crippen LogP contribution in [0.4, 0.5) is 5.69 Å². The minimum Gasteiger partial charge on any atom is -0.508 e. The topological polar surface area (TPSA) is 35.5 Å². The molecule has 0 heterocycles. The Bertz CT molecular complexity index is 991. The van der Waals surface area contributed by atoms with Gasteiger partial charge >= 0.3 is 0 Å². The highest BCUT2D eigenvalue weighted by Gasteiger charge is 2.23. The van der Waals surface area contributed by atoms with E-state index >= 15 is 0 Å². The number of halogens is 3. The van der Waals surface area contributed by atoms with Gasteiger partial charge in [-0.25, -0.2) is 0 Å². The predicted octanol–water partition coefficient (Wildman–Crippen LogP) is 7.31. The number of anilines is 1. The monoisotopic (exact) mass is 464 g/mol. The first-order valence-corrected chi connectivity index (χ1v) is 10.4. The molecule has 3 rings (SSSR count). The van der Waals surface area contributed by atoms with Crippen molar-refractivity contribution in [3.8, 4) is 5.75 Å². The average Bonchev–Trinajstić information content (AvgIpc) is 2.69. The maximum absolute atomic E-state index is 10.3. The lowest BCUT2D eigenvalue weighted by molar-refractivity contribution is 0.324. The summed E-state index contributed by atoms with van der Waals surface area (Å²) in [5.41, 5.74) is 2.33. The van der Waals surface area contributed by atoms with E-state index in [2.05, 4.69) is 5.32 Å². The van der Waals surface area contributed by atoms with E-state index in [0.717, 1.165) is 11.1 Å². The van der Waals surface area contributed by atoms with Crippen LogP contribution in [0.1, 0.15) is 24.1 Å². The van der Waals surface area contributed by atoms with Gasteiger partial charge < -0.3 is 15.3 Å². The van der Waals surface area contributed by atoms with Crippen molar-refractivity contribution in [1.82, 2.24) is 4.90 Å². The van der Waals surface area contributed by atoms with Gasteiger partial charge in [0.15, 0.2) is 5.11 Å². The normalized spacial score (nSPS) is 11.7. The molecule has 0 aromatic heterocycles. The maximum Gasteiger partial charge on any atom is 0.174 e.